The quantitative estimate of drug-likeness (QED) is 0.184. The van der Waals surface area contributed by atoms with Crippen molar-refractivity contribution in [2.24, 2.45) is 4.99 Å². The standard InChI is InChI=1S/C36H32ClN3O4S/c1-5-43-35(42)32-23(3)38-36-40(33(32)29-13-9-10-14-30(29)37)34(41)31(45-36)20-26-19-22(2)39(24(26)4)27-15-17-28(18-16-27)44-21-25-11-7-6-8-12-25/h6-20,33H,5,21H2,1-4H3/b31-20-/t33-/m0/s1. The van der Waals surface area contributed by atoms with Crippen molar-refractivity contribution >= 4 is 35.0 Å². The summed E-state index contributed by atoms with van der Waals surface area (Å²) in [7, 11) is 0. The van der Waals surface area contributed by atoms with Gasteiger partial charge in [-0.3, -0.25) is 9.36 Å². The van der Waals surface area contributed by atoms with Gasteiger partial charge < -0.3 is 14.0 Å². The molecule has 45 heavy (non-hydrogen) atoms. The van der Waals surface area contributed by atoms with Gasteiger partial charge in [-0.2, -0.15) is 0 Å². The number of rotatable bonds is 8. The number of aromatic nitrogens is 2. The molecule has 0 spiro atoms. The van der Waals surface area contributed by atoms with Crippen LogP contribution in [0.2, 0.25) is 5.02 Å². The molecule has 5 aromatic rings. The highest BCUT2D eigenvalue weighted by Crippen LogP contribution is 2.34. The van der Waals surface area contributed by atoms with E-state index in [-0.39, 0.29) is 12.2 Å². The van der Waals surface area contributed by atoms with Crippen LogP contribution in [0.3, 0.4) is 0 Å². The monoisotopic (exact) mass is 637 g/mol. The zero-order chi connectivity index (χ0) is 31.7. The number of esters is 1. The van der Waals surface area contributed by atoms with Crippen LogP contribution < -0.4 is 19.6 Å². The van der Waals surface area contributed by atoms with E-state index >= 15 is 0 Å². The number of nitrogens with zero attached hydrogens (tertiary/aromatic N) is 3. The number of aryl methyl sites for hydroxylation is 1. The first-order chi connectivity index (χ1) is 21.8. The predicted molar refractivity (Wildman–Crippen MR) is 178 cm³/mol. The SMILES string of the molecule is CCOC(=O)C1=C(C)N=c2s/c(=C\c3cc(C)n(-c4ccc(OCc5ccccc5)cc4)c3C)c(=O)n2[C@H]1c1ccccc1Cl. The van der Waals surface area contributed by atoms with E-state index in [2.05, 4.69) is 15.6 Å². The normalized spacial score (nSPS) is 14.7. The van der Waals surface area contributed by atoms with Crippen LogP contribution in [0, 0.1) is 13.8 Å². The molecule has 1 aliphatic heterocycles. The Hall–Kier alpha value is -4.66. The lowest BCUT2D eigenvalue weighted by Gasteiger charge is -2.25. The maximum atomic E-state index is 14.1. The fourth-order valence-electron chi connectivity index (χ4n) is 5.69. The smallest absolute Gasteiger partial charge is 0.338 e. The van der Waals surface area contributed by atoms with Gasteiger partial charge in [0.1, 0.15) is 18.4 Å². The Balaban J connectivity index is 1.37. The summed E-state index contributed by atoms with van der Waals surface area (Å²) in [5.41, 5.74) is 6.23. The van der Waals surface area contributed by atoms with Crippen molar-refractivity contribution in [1.29, 1.82) is 0 Å². The van der Waals surface area contributed by atoms with Crippen molar-refractivity contribution in [1.82, 2.24) is 9.13 Å². The molecule has 3 aromatic carbocycles. The number of allylic oxidation sites excluding steroid dienone is 1. The van der Waals surface area contributed by atoms with Crippen molar-refractivity contribution in [2.45, 2.75) is 40.3 Å². The third-order valence-corrected chi connectivity index (χ3v) is 9.14. The van der Waals surface area contributed by atoms with Gasteiger partial charge >= 0.3 is 5.97 Å². The molecule has 0 amide bonds. The zero-order valence-electron chi connectivity index (χ0n) is 25.4. The number of halogens is 1. The Kier molecular flexibility index (Phi) is 8.61. The molecule has 2 aromatic heterocycles. The molecule has 1 aliphatic rings. The summed E-state index contributed by atoms with van der Waals surface area (Å²) in [4.78, 5) is 32.4. The molecule has 0 bridgehead atoms. The van der Waals surface area contributed by atoms with Gasteiger partial charge in [0, 0.05) is 22.1 Å². The summed E-state index contributed by atoms with van der Waals surface area (Å²) in [6.07, 6.45) is 1.90. The molecule has 9 heteroatoms. The molecule has 6 rings (SSSR count). The van der Waals surface area contributed by atoms with E-state index in [1.807, 2.05) is 92.7 Å². The van der Waals surface area contributed by atoms with Gasteiger partial charge in [-0.05, 0) is 86.9 Å². The maximum absolute atomic E-state index is 14.1. The molecule has 0 fully saturated rings. The summed E-state index contributed by atoms with van der Waals surface area (Å²) in [5, 5.41) is 0.452. The molecule has 0 N–H and O–H groups in total. The van der Waals surface area contributed by atoms with Gasteiger partial charge in [0.15, 0.2) is 4.80 Å². The molecular weight excluding hydrogens is 606 g/mol. The van der Waals surface area contributed by atoms with E-state index in [0.29, 0.717) is 37.8 Å². The highest BCUT2D eigenvalue weighted by atomic mass is 35.5. The molecule has 0 saturated heterocycles. The highest BCUT2D eigenvalue weighted by molar-refractivity contribution is 7.07. The van der Waals surface area contributed by atoms with Crippen LogP contribution in [0.5, 0.6) is 5.75 Å². The topological polar surface area (TPSA) is 74.8 Å². The van der Waals surface area contributed by atoms with Crippen molar-refractivity contribution in [3.8, 4) is 11.4 Å². The summed E-state index contributed by atoms with van der Waals surface area (Å²) < 4.78 is 15.6. The third-order valence-electron chi connectivity index (χ3n) is 7.82. The first-order valence-electron chi connectivity index (χ1n) is 14.7. The van der Waals surface area contributed by atoms with Crippen LogP contribution in [0.4, 0.5) is 0 Å². The Morgan fingerprint density at radius 3 is 2.42 bits per heavy atom. The summed E-state index contributed by atoms with van der Waals surface area (Å²) >= 11 is 7.92. The summed E-state index contributed by atoms with van der Waals surface area (Å²) in [6, 6.07) is 26.6. The largest absolute Gasteiger partial charge is 0.489 e. The lowest BCUT2D eigenvalue weighted by molar-refractivity contribution is -0.139. The van der Waals surface area contributed by atoms with Crippen molar-refractivity contribution in [3.05, 3.63) is 149 Å². The summed E-state index contributed by atoms with van der Waals surface area (Å²) in [6.45, 7) is 8.29. The minimum atomic E-state index is -0.758. The van der Waals surface area contributed by atoms with Crippen LogP contribution in [-0.2, 0) is 16.1 Å². The van der Waals surface area contributed by atoms with Gasteiger partial charge in [0.05, 0.1) is 22.4 Å². The molecule has 0 unspecified atom stereocenters. The molecular formula is C36H32ClN3O4S. The second-order valence-corrected chi connectivity index (χ2v) is 12.2. The number of hydrogen-bond acceptors (Lipinski definition) is 6. The van der Waals surface area contributed by atoms with Gasteiger partial charge in [-0.15, -0.1) is 0 Å². The predicted octanol–water partition coefficient (Wildman–Crippen LogP) is 6.44. The Labute approximate surface area is 270 Å². The highest BCUT2D eigenvalue weighted by Gasteiger charge is 2.34. The third kappa shape index (κ3) is 5.91. The molecule has 0 saturated carbocycles. The van der Waals surface area contributed by atoms with Crippen molar-refractivity contribution < 1.29 is 14.3 Å². The minimum absolute atomic E-state index is 0.203. The second kappa shape index (κ2) is 12.8. The van der Waals surface area contributed by atoms with Crippen LogP contribution >= 0.6 is 22.9 Å². The fourth-order valence-corrected chi connectivity index (χ4v) is 6.96. The Morgan fingerprint density at radius 2 is 1.71 bits per heavy atom. The van der Waals surface area contributed by atoms with Crippen LogP contribution in [0.1, 0.15) is 48.0 Å². The summed E-state index contributed by atoms with van der Waals surface area (Å²) in [5.74, 6) is 0.273. The zero-order valence-corrected chi connectivity index (χ0v) is 27.0. The van der Waals surface area contributed by atoms with Gasteiger partial charge in [-0.25, -0.2) is 9.79 Å². The molecule has 7 nitrogen and oxygen atoms in total. The average Bonchev–Trinajstić information content (AvgIpc) is 3.49. The van der Waals surface area contributed by atoms with Gasteiger partial charge in [0.2, 0.25) is 0 Å². The molecule has 0 radical (unpaired) electrons. The maximum Gasteiger partial charge on any atom is 0.338 e. The van der Waals surface area contributed by atoms with E-state index in [4.69, 9.17) is 21.1 Å². The second-order valence-electron chi connectivity index (χ2n) is 10.8. The molecule has 3 heterocycles. The van der Waals surface area contributed by atoms with Crippen LogP contribution in [-0.4, -0.2) is 21.7 Å². The van der Waals surface area contributed by atoms with E-state index in [9.17, 15) is 9.59 Å². The number of thiazole rings is 1. The van der Waals surface area contributed by atoms with E-state index in [0.717, 1.165) is 34.0 Å². The first kappa shape index (κ1) is 30.4. The van der Waals surface area contributed by atoms with Crippen LogP contribution in [0.15, 0.2) is 106 Å². The number of carbonyl (C=O) groups is 1. The number of benzene rings is 3. The van der Waals surface area contributed by atoms with E-state index in [1.165, 1.54) is 11.3 Å². The number of ether oxygens (including phenoxy) is 2. The Morgan fingerprint density at radius 1 is 1.00 bits per heavy atom. The van der Waals surface area contributed by atoms with E-state index < -0.39 is 12.0 Å². The first-order valence-corrected chi connectivity index (χ1v) is 15.9. The Bertz CT molecular complexity index is 2110. The van der Waals surface area contributed by atoms with Crippen LogP contribution in [0.25, 0.3) is 11.8 Å². The molecule has 228 valence electrons. The van der Waals surface area contributed by atoms with Gasteiger partial charge in [0.25, 0.3) is 5.56 Å². The van der Waals surface area contributed by atoms with Crippen molar-refractivity contribution in [3.63, 3.8) is 0 Å². The van der Waals surface area contributed by atoms with Crippen molar-refractivity contribution in [2.75, 3.05) is 6.61 Å². The average molecular weight is 638 g/mol. The lowest BCUT2D eigenvalue weighted by Crippen LogP contribution is -2.40. The molecule has 1 atom stereocenters. The fraction of sp³-hybridized carbons (Fsp3) is 0.194. The molecule has 0 aliphatic carbocycles. The lowest BCUT2D eigenvalue weighted by atomic mass is 9.96. The number of fused-ring (bicyclic) bond motifs is 1. The number of hydrogen-bond donors (Lipinski definition) is 0. The van der Waals surface area contributed by atoms with Gasteiger partial charge in [-0.1, -0.05) is 71.5 Å². The number of carbonyl (C=O) groups excluding carboxylic acids is 1. The van der Waals surface area contributed by atoms with E-state index in [1.54, 1.807) is 24.5 Å². The minimum Gasteiger partial charge on any atom is -0.489 e.